The molecule has 0 unspecified atom stereocenters. The summed E-state index contributed by atoms with van der Waals surface area (Å²) in [6.07, 6.45) is -4.63. The van der Waals surface area contributed by atoms with E-state index in [2.05, 4.69) is 10.3 Å². The van der Waals surface area contributed by atoms with Crippen LogP contribution >= 0.6 is 0 Å². The summed E-state index contributed by atoms with van der Waals surface area (Å²) in [7, 11) is 0. The predicted octanol–water partition coefficient (Wildman–Crippen LogP) is 7.17. The highest BCUT2D eigenvalue weighted by Gasteiger charge is 2.32. The number of pyridine rings is 1. The van der Waals surface area contributed by atoms with E-state index in [0.717, 1.165) is 29.8 Å². The molecule has 0 aliphatic heterocycles. The number of halogens is 4. The molecule has 0 radical (unpaired) electrons. The minimum Gasteiger partial charge on any atom is -0.455 e. The lowest BCUT2D eigenvalue weighted by atomic mass is 10.1. The zero-order valence-electron chi connectivity index (χ0n) is 17.5. The lowest BCUT2D eigenvalue weighted by Gasteiger charge is -2.15. The number of nitrogens with one attached hydrogen (secondary N) is 1. The van der Waals surface area contributed by atoms with Gasteiger partial charge in [-0.2, -0.15) is 17.6 Å². The van der Waals surface area contributed by atoms with E-state index >= 15 is 0 Å². The van der Waals surface area contributed by atoms with Crippen LogP contribution in [0.25, 0.3) is 0 Å². The number of anilines is 1. The average Bonchev–Trinajstić information content (AvgIpc) is 2.71. The number of benzene rings is 2. The fraction of sp³-hybridized carbons (Fsp3) is 0.217. The lowest BCUT2D eigenvalue weighted by molar-refractivity contribution is -0.137. The Balaban J connectivity index is 0.00000166. The molecule has 0 aliphatic carbocycles. The third kappa shape index (κ3) is 6.28. The first-order valence-corrected chi connectivity index (χ1v) is 9.54. The number of aryl methyl sites for hydroxylation is 2. The van der Waals surface area contributed by atoms with Gasteiger partial charge in [0, 0.05) is 7.11 Å². The smallest absolute Gasteiger partial charge is 0.416 e. The number of amides is 1. The van der Waals surface area contributed by atoms with E-state index in [9.17, 15) is 22.4 Å². The summed E-state index contributed by atoms with van der Waals surface area (Å²) in [4.78, 5) is 16.3. The van der Waals surface area contributed by atoms with Gasteiger partial charge in [0.15, 0.2) is 0 Å². The van der Waals surface area contributed by atoms with Crippen molar-refractivity contribution in [3.05, 3.63) is 82.9 Å². The highest BCUT2D eigenvalue weighted by atomic mass is 19.4. The molecule has 0 atom stereocenters. The fourth-order valence-electron chi connectivity index (χ4n) is 2.64. The van der Waals surface area contributed by atoms with Crippen molar-refractivity contribution in [1.29, 1.82) is 0 Å². The largest absolute Gasteiger partial charge is 0.455 e. The molecule has 1 N–H and O–H groups in total. The van der Waals surface area contributed by atoms with Gasteiger partial charge >= 0.3 is 6.18 Å². The van der Waals surface area contributed by atoms with Crippen LogP contribution in [0, 0.1) is 19.8 Å². The third-order valence-electron chi connectivity index (χ3n) is 4.05. The maximum absolute atomic E-state index is 13.2. The van der Waals surface area contributed by atoms with Crippen LogP contribution in [-0.4, -0.2) is 10.9 Å². The number of hydrogen-bond acceptors (Lipinski definition) is 3. The summed E-state index contributed by atoms with van der Waals surface area (Å²) >= 11 is 0. The van der Waals surface area contributed by atoms with Crippen LogP contribution in [0.5, 0.6) is 11.5 Å². The lowest BCUT2D eigenvalue weighted by Crippen LogP contribution is -2.14. The van der Waals surface area contributed by atoms with Crippen LogP contribution in [0.15, 0.2) is 54.6 Å². The number of nitrogens with zero attached hydrogens (tertiary/aromatic N) is 1. The molecule has 4 nitrogen and oxygen atoms in total. The van der Waals surface area contributed by atoms with Crippen LogP contribution in [0.2, 0.25) is 0 Å². The van der Waals surface area contributed by atoms with Crippen molar-refractivity contribution >= 4 is 11.6 Å². The molecule has 0 spiro atoms. The maximum atomic E-state index is 13.2. The summed E-state index contributed by atoms with van der Waals surface area (Å²) in [5.74, 6) is -1.68. The van der Waals surface area contributed by atoms with Gasteiger partial charge in [0.2, 0.25) is 5.95 Å². The molecule has 31 heavy (non-hydrogen) atoms. The highest BCUT2D eigenvalue weighted by molar-refractivity contribution is 6.06. The highest BCUT2D eigenvalue weighted by Crippen LogP contribution is 2.35. The standard InChI is InChI=1S/C21H16F4N2O2.C2H6.H2/c1-12-4-3-5-15(10-12)27-20(28)16-7-6-14(21(23,24)25)11-18(16)29-17-8-9-19(22)26-13(17)2;1-2;/h3-11H,1-2H3,(H,27,28);1-2H3;1H. The van der Waals surface area contributed by atoms with Crippen LogP contribution in [0.4, 0.5) is 23.2 Å². The molecule has 0 saturated heterocycles. The maximum Gasteiger partial charge on any atom is 0.416 e. The number of ether oxygens (including phenoxy) is 1. The van der Waals surface area contributed by atoms with Crippen molar-refractivity contribution in [3.8, 4) is 11.5 Å². The topological polar surface area (TPSA) is 51.2 Å². The van der Waals surface area contributed by atoms with Gasteiger partial charge in [-0.15, -0.1) is 0 Å². The van der Waals surface area contributed by atoms with Crippen LogP contribution in [0.3, 0.4) is 0 Å². The third-order valence-corrected chi connectivity index (χ3v) is 4.05. The molecule has 0 bridgehead atoms. The molecule has 0 aliphatic rings. The molecule has 8 heteroatoms. The second-order valence-electron chi connectivity index (χ2n) is 6.35. The van der Waals surface area contributed by atoms with Gasteiger partial charge in [0.1, 0.15) is 11.5 Å². The minimum atomic E-state index is -4.63. The summed E-state index contributed by atoms with van der Waals surface area (Å²) in [5, 5.41) is 2.63. The molecule has 1 amide bonds. The SMILES string of the molecule is CC.Cc1cccc(NC(=O)c2ccc(C(F)(F)F)cc2Oc2ccc(F)nc2C)c1.[HH]. The number of rotatable bonds is 4. The number of aromatic nitrogens is 1. The number of hydrogen-bond donors (Lipinski definition) is 1. The molecular formula is C23H24F4N2O2. The van der Waals surface area contributed by atoms with Crippen molar-refractivity contribution in [3.63, 3.8) is 0 Å². The zero-order chi connectivity index (χ0) is 23.2. The first-order chi connectivity index (χ1) is 14.6. The van der Waals surface area contributed by atoms with E-state index in [1.807, 2.05) is 26.8 Å². The molecule has 0 saturated carbocycles. The van der Waals surface area contributed by atoms with Gasteiger partial charge in [0.25, 0.3) is 5.91 Å². The molecule has 3 aromatic rings. The first-order valence-electron chi connectivity index (χ1n) is 9.54. The van der Waals surface area contributed by atoms with Gasteiger partial charge in [0.05, 0.1) is 16.8 Å². The Labute approximate surface area is 179 Å². The van der Waals surface area contributed by atoms with Gasteiger partial charge in [-0.1, -0.05) is 26.0 Å². The normalized spacial score (nSPS) is 10.7. The van der Waals surface area contributed by atoms with E-state index in [0.29, 0.717) is 5.69 Å². The Kier molecular flexibility index (Phi) is 7.74. The average molecular weight is 436 g/mol. The molecule has 2 aromatic carbocycles. The van der Waals surface area contributed by atoms with Crippen molar-refractivity contribution in [1.82, 2.24) is 4.98 Å². The van der Waals surface area contributed by atoms with Gasteiger partial charge in [-0.25, -0.2) is 4.98 Å². The Morgan fingerprint density at radius 2 is 1.71 bits per heavy atom. The van der Waals surface area contributed by atoms with Crippen molar-refractivity contribution in [2.24, 2.45) is 0 Å². The fourth-order valence-corrected chi connectivity index (χ4v) is 2.64. The molecular weight excluding hydrogens is 412 g/mol. The summed E-state index contributed by atoms with van der Waals surface area (Å²) < 4.78 is 58.2. The second kappa shape index (κ2) is 10.1. The molecule has 166 valence electrons. The van der Waals surface area contributed by atoms with Crippen LogP contribution < -0.4 is 10.1 Å². The van der Waals surface area contributed by atoms with Crippen LogP contribution in [-0.2, 0) is 6.18 Å². The number of carbonyl (C=O) groups is 1. The Morgan fingerprint density at radius 1 is 1.00 bits per heavy atom. The Hall–Kier alpha value is -3.42. The molecule has 1 heterocycles. The quantitative estimate of drug-likeness (QED) is 0.348. The number of carbonyl (C=O) groups excluding carboxylic acids is 1. The van der Waals surface area contributed by atoms with Crippen molar-refractivity contribution in [2.45, 2.75) is 33.9 Å². The van der Waals surface area contributed by atoms with Gasteiger partial charge < -0.3 is 10.1 Å². The Bertz CT molecular complexity index is 1070. The minimum absolute atomic E-state index is 0. The van der Waals surface area contributed by atoms with E-state index in [4.69, 9.17) is 4.74 Å². The van der Waals surface area contributed by atoms with E-state index in [1.54, 1.807) is 18.2 Å². The van der Waals surface area contributed by atoms with Crippen LogP contribution in [0.1, 0.15) is 42.5 Å². The van der Waals surface area contributed by atoms with Crippen molar-refractivity contribution in [2.75, 3.05) is 5.32 Å². The van der Waals surface area contributed by atoms with E-state index in [-0.39, 0.29) is 24.2 Å². The molecule has 0 fully saturated rings. The van der Waals surface area contributed by atoms with Gasteiger partial charge in [-0.3, -0.25) is 4.79 Å². The summed E-state index contributed by atoms with van der Waals surface area (Å²) in [6, 6.07) is 11.8. The Morgan fingerprint density at radius 3 is 2.32 bits per heavy atom. The van der Waals surface area contributed by atoms with Gasteiger partial charge in [-0.05, 0) is 61.9 Å². The molecule has 1 aromatic heterocycles. The molecule has 3 rings (SSSR count). The first kappa shape index (κ1) is 23.9. The summed E-state index contributed by atoms with van der Waals surface area (Å²) in [5.41, 5.74) is 0.434. The number of alkyl halides is 3. The zero-order valence-corrected chi connectivity index (χ0v) is 17.5. The van der Waals surface area contributed by atoms with Crippen molar-refractivity contribution < 1.29 is 28.5 Å². The monoisotopic (exact) mass is 436 g/mol. The summed E-state index contributed by atoms with van der Waals surface area (Å²) in [6.45, 7) is 7.28. The van der Waals surface area contributed by atoms with E-state index < -0.39 is 23.6 Å². The van der Waals surface area contributed by atoms with E-state index in [1.165, 1.54) is 13.0 Å². The second-order valence-corrected chi connectivity index (χ2v) is 6.35. The predicted molar refractivity (Wildman–Crippen MR) is 113 cm³/mol.